The Labute approximate surface area is 152 Å². The zero-order valence-electron chi connectivity index (χ0n) is 15.1. The zero-order chi connectivity index (χ0) is 18.4. The monoisotopic (exact) mass is 358 g/mol. The summed E-state index contributed by atoms with van der Waals surface area (Å²) in [5, 5.41) is 6.49. The number of likely N-dealkylation sites (tertiary alicyclic amines) is 1. The van der Waals surface area contributed by atoms with Crippen LogP contribution >= 0.6 is 0 Å². The second-order valence-corrected chi connectivity index (χ2v) is 6.93. The third-order valence-electron chi connectivity index (χ3n) is 5.09. The molecule has 0 spiro atoms. The Morgan fingerprint density at radius 2 is 2.08 bits per heavy atom. The molecule has 7 heteroatoms. The van der Waals surface area contributed by atoms with Crippen LogP contribution in [0.3, 0.4) is 0 Å². The van der Waals surface area contributed by atoms with Crippen molar-refractivity contribution in [3.05, 3.63) is 52.3 Å². The van der Waals surface area contributed by atoms with Gasteiger partial charge in [0.2, 0.25) is 5.91 Å². The number of nitrogens with zero attached hydrogens (tertiary/aromatic N) is 2. The van der Waals surface area contributed by atoms with Gasteiger partial charge in [-0.3, -0.25) is 19.2 Å². The molecule has 1 unspecified atom stereocenters. The smallest absolute Gasteiger partial charge is 0.354 e. The van der Waals surface area contributed by atoms with Crippen molar-refractivity contribution in [1.29, 1.82) is 0 Å². The Morgan fingerprint density at radius 1 is 1.35 bits per heavy atom. The van der Waals surface area contributed by atoms with Crippen molar-refractivity contribution in [1.82, 2.24) is 20.4 Å². The molecule has 0 bridgehead atoms. The van der Waals surface area contributed by atoms with Crippen LogP contribution < -0.4 is 11.1 Å². The predicted octanol–water partition coefficient (Wildman–Crippen LogP) is 1.36. The molecule has 2 heterocycles. The van der Waals surface area contributed by atoms with E-state index in [1.165, 1.54) is 5.56 Å². The van der Waals surface area contributed by atoms with E-state index in [1.807, 2.05) is 13.0 Å². The molecule has 1 fully saturated rings. The highest BCUT2D eigenvalue weighted by Crippen LogP contribution is 2.22. The third-order valence-corrected chi connectivity index (χ3v) is 5.09. The van der Waals surface area contributed by atoms with Crippen molar-refractivity contribution in [2.45, 2.75) is 38.6 Å². The Morgan fingerprint density at radius 3 is 2.73 bits per heavy atom. The molecule has 3 rings (SSSR count). The molecule has 1 aliphatic heterocycles. The number of benzene rings is 1. The van der Waals surface area contributed by atoms with Crippen molar-refractivity contribution < 1.29 is 9.32 Å². The maximum Gasteiger partial charge on any atom is 0.438 e. The van der Waals surface area contributed by atoms with E-state index < -0.39 is 5.76 Å². The van der Waals surface area contributed by atoms with Crippen LogP contribution in [0.2, 0.25) is 0 Å². The number of aromatic nitrogens is 2. The summed E-state index contributed by atoms with van der Waals surface area (Å²) in [6.45, 7) is 4.27. The quantitative estimate of drug-likeness (QED) is 0.780. The molecule has 140 valence electrons. The van der Waals surface area contributed by atoms with E-state index in [9.17, 15) is 9.59 Å². The summed E-state index contributed by atoms with van der Waals surface area (Å²) in [4.78, 5) is 27.9. The lowest BCUT2D eigenvalue weighted by atomic mass is 9.89. The summed E-state index contributed by atoms with van der Waals surface area (Å²) in [6.07, 6.45) is 3.80. The Bertz CT molecular complexity index is 747. The van der Waals surface area contributed by atoms with Crippen LogP contribution in [0.1, 0.15) is 31.2 Å². The van der Waals surface area contributed by atoms with Gasteiger partial charge in [0.1, 0.15) is 0 Å². The number of nitrogens with one attached hydrogen (secondary N) is 2. The van der Waals surface area contributed by atoms with Gasteiger partial charge in [0.25, 0.3) is 0 Å². The van der Waals surface area contributed by atoms with Crippen molar-refractivity contribution in [3.63, 3.8) is 0 Å². The summed E-state index contributed by atoms with van der Waals surface area (Å²) in [6, 6.07) is 10.4. The summed E-state index contributed by atoms with van der Waals surface area (Å²) < 4.78 is 4.44. The van der Waals surface area contributed by atoms with Gasteiger partial charge in [0.15, 0.2) is 5.82 Å². The van der Waals surface area contributed by atoms with Crippen LogP contribution in [0.25, 0.3) is 0 Å². The van der Waals surface area contributed by atoms with E-state index in [4.69, 9.17) is 0 Å². The van der Waals surface area contributed by atoms with Gasteiger partial charge in [-0.1, -0.05) is 35.5 Å². The van der Waals surface area contributed by atoms with Crippen molar-refractivity contribution in [2.75, 3.05) is 19.6 Å². The van der Waals surface area contributed by atoms with E-state index in [0.717, 1.165) is 32.4 Å². The molecule has 1 atom stereocenters. The molecule has 2 N–H and O–H groups in total. The van der Waals surface area contributed by atoms with Gasteiger partial charge in [0, 0.05) is 13.0 Å². The number of piperidine rings is 1. The fourth-order valence-electron chi connectivity index (χ4n) is 3.48. The molecule has 7 nitrogen and oxygen atoms in total. The second kappa shape index (κ2) is 8.80. The van der Waals surface area contributed by atoms with Gasteiger partial charge in [-0.2, -0.15) is 0 Å². The number of H-pyrrole nitrogens is 1. The normalized spacial score (nSPS) is 17.1. The van der Waals surface area contributed by atoms with Crippen molar-refractivity contribution in [2.24, 2.45) is 5.92 Å². The minimum atomic E-state index is -0.571. The van der Waals surface area contributed by atoms with Gasteiger partial charge in [-0.05, 0) is 50.8 Å². The summed E-state index contributed by atoms with van der Waals surface area (Å²) >= 11 is 0. The second-order valence-electron chi connectivity index (χ2n) is 6.93. The number of carbonyl (C=O) groups excluding carboxylic acids is 1. The lowest BCUT2D eigenvalue weighted by Crippen LogP contribution is -2.48. The van der Waals surface area contributed by atoms with Crippen LogP contribution in [0.15, 0.2) is 39.6 Å². The van der Waals surface area contributed by atoms with Crippen molar-refractivity contribution >= 4 is 5.91 Å². The standard InChI is InChI=1S/C19H26N4O3/c1-14(18(24)20-10-7-17-21-19(25)26-22-17)23-11-8-16(9-12-23)13-15-5-3-2-4-6-15/h2-6,14,16H,7-13H2,1H3,(H,20,24)(H,21,22,25). The van der Waals surface area contributed by atoms with Gasteiger partial charge < -0.3 is 5.32 Å². The molecule has 26 heavy (non-hydrogen) atoms. The Kier molecular flexibility index (Phi) is 6.22. The Hall–Kier alpha value is -2.41. The molecule has 1 saturated heterocycles. The molecule has 2 aromatic rings. The zero-order valence-corrected chi connectivity index (χ0v) is 15.1. The average Bonchev–Trinajstić information content (AvgIpc) is 3.08. The van der Waals surface area contributed by atoms with Crippen LogP contribution in [-0.4, -0.2) is 46.6 Å². The molecule has 0 saturated carbocycles. The van der Waals surface area contributed by atoms with Crippen LogP contribution in [0.5, 0.6) is 0 Å². The van der Waals surface area contributed by atoms with Crippen molar-refractivity contribution in [3.8, 4) is 0 Å². The van der Waals surface area contributed by atoms with Gasteiger partial charge in [-0.25, -0.2) is 4.79 Å². The first-order chi connectivity index (χ1) is 12.6. The fraction of sp³-hybridized carbons (Fsp3) is 0.526. The summed E-state index contributed by atoms with van der Waals surface area (Å²) in [5.74, 6) is 0.577. The highest BCUT2D eigenvalue weighted by atomic mass is 16.5. The highest BCUT2D eigenvalue weighted by molar-refractivity contribution is 5.81. The van der Waals surface area contributed by atoms with E-state index >= 15 is 0 Å². The maximum absolute atomic E-state index is 12.3. The maximum atomic E-state index is 12.3. The first-order valence-electron chi connectivity index (χ1n) is 9.22. The third kappa shape index (κ3) is 5.05. The van der Waals surface area contributed by atoms with Gasteiger partial charge in [-0.15, -0.1) is 0 Å². The number of rotatable bonds is 7. The largest absolute Gasteiger partial charge is 0.438 e. The minimum Gasteiger partial charge on any atom is -0.354 e. The summed E-state index contributed by atoms with van der Waals surface area (Å²) in [7, 11) is 0. The number of aromatic amines is 1. The predicted molar refractivity (Wildman–Crippen MR) is 97.7 cm³/mol. The topological polar surface area (TPSA) is 91.2 Å². The molecule has 0 radical (unpaired) electrons. The van der Waals surface area contributed by atoms with Gasteiger partial charge in [0.05, 0.1) is 6.04 Å². The molecule has 1 aromatic heterocycles. The van der Waals surface area contributed by atoms with Crippen LogP contribution in [-0.2, 0) is 17.6 Å². The number of amides is 1. The minimum absolute atomic E-state index is 0.0114. The molecular weight excluding hydrogens is 332 g/mol. The molecule has 1 amide bonds. The van der Waals surface area contributed by atoms with E-state index in [1.54, 1.807) is 0 Å². The fourth-order valence-corrected chi connectivity index (χ4v) is 3.48. The first-order valence-corrected chi connectivity index (χ1v) is 9.22. The molecular formula is C19H26N4O3. The molecule has 0 aliphatic carbocycles. The molecule has 1 aromatic carbocycles. The summed E-state index contributed by atoms with van der Waals surface area (Å²) in [5.41, 5.74) is 1.39. The average molecular weight is 358 g/mol. The highest BCUT2D eigenvalue weighted by Gasteiger charge is 2.26. The van der Waals surface area contributed by atoms with E-state index in [-0.39, 0.29) is 11.9 Å². The van der Waals surface area contributed by atoms with Crippen LogP contribution in [0, 0.1) is 5.92 Å². The lowest BCUT2D eigenvalue weighted by Gasteiger charge is -2.35. The lowest BCUT2D eigenvalue weighted by molar-refractivity contribution is -0.126. The Balaban J connectivity index is 1.39. The first kappa shape index (κ1) is 18.4. The van der Waals surface area contributed by atoms with Crippen LogP contribution in [0.4, 0.5) is 0 Å². The SMILES string of the molecule is CC(C(=O)NCCc1noc(=O)[nH]1)N1CCC(Cc2ccccc2)CC1. The van der Waals surface area contributed by atoms with E-state index in [0.29, 0.717) is 24.7 Å². The van der Waals surface area contributed by atoms with Gasteiger partial charge >= 0.3 is 5.76 Å². The number of carbonyl (C=O) groups is 1. The molecule has 1 aliphatic rings. The number of hydrogen-bond donors (Lipinski definition) is 2. The number of hydrogen-bond acceptors (Lipinski definition) is 5. The van der Waals surface area contributed by atoms with E-state index in [2.05, 4.69) is 49.1 Å².